The van der Waals surface area contributed by atoms with Crippen LogP contribution in [0.4, 0.5) is 0 Å². The highest BCUT2D eigenvalue weighted by molar-refractivity contribution is 5.95. The molecular weight excluding hydrogens is 306 g/mol. The van der Waals surface area contributed by atoms with Gasteiger partial charge in [-0.05, 0) is 26.3 Å². The van der Waals surface area contributed by atoms with E-state index in [-0.39, 0.29) is 17.7 Å². The Labute approximate surface area is 139 Å². The molecule has 0 saturated carbocycles. The minimum Gasteiger partial charge on any atom is -0.462 e. The van der Waals surface area contributed by atoms with E-state index in [2.05, 4.69) is 10.1 Å². The molecule has 124 valence electrons. The number of benzene rings is 1. The van der Waals surface area contributed by atoms with Crippen molar-refractivity contribution in [1.82, 2.24) is 14.6 Å². The number of hydrogen-bond donors (Lipinski definition) is 1. The molecule has 3 rings (SSSR count). The lowest BCUT2D eigenvalue weighted by molar-refractivity contribution is 0.0528. The number of carbonyl (C=O) groups excluding carboxylic acids is 1. The third kappa shape index (κ3) is 2.82. The Kier molecular flexibility index (Phi) is 4.20. The van der Waals surface area contributed by atoms with Crippen LogP contribution < -0.4 is 5.56 Å². The smallest absolute Gasteiger partial charge is 0.343 e. The van der Waals surface area contributed by atoms with Crippen LogP contribution in [-0.2, 0) is 11.2 Å². The third-order valence-electron chi connectivity index (χ3n) is 3.96. The summed E-state index contributed by atoms with van der Waals surface area (Å²) < 4.78 is 6.29. The van der Waals surface area contributed by atoms with Gasteiger partial charge in [0.25, 0.3) is 5.56 Å². The van der Waals surface area contributed by atoms with Crippen molar-refractivity contribution >= 4 is 11.6 Å². The van der Waals surface area contributed by atoms with Crippen LogP contribution in [0.3, 0.4) is 0 Å². The first-order valence-electron chi connectivity index (χ1n) is 7.83. The second-order valence-electron chi connectivity index (χ2n) is 5.71. The van der Waals surface area contributed by atoms with E-state index in [4.69, 9.17) is 4.74 Å². The number of aromatic nitrogens is 3. The van der Waals surface area contributed by atoms with Gasteiger partial charge in [-0.3, -0.25) is 9.89 Å². The van der Waals surface area contributed by atoms with Crippen molar-refractivity contribution in [3.8, 4) is 0 Å². The van der Waals surface area contributed by atoms with Crippen molar-refractivity contribution in [2.45, 2.75) is 27.2 Å². The van der Waals surface area contributed by atoms with Crippen LogP contribution in [0.2, 0.25) is 0 Å². The highest BCUT2D eigenvalue weighted by Gasteiger charge is 2.18. The average Bonchev–Trinajstić information content (AvgIpc) is 2.97. The first kappa shape index (κ1) is 16.0. The van der Waals surface area contributed by atoms with E-state index in [0.717, 1.165) is 5.56 Å². The number of rotatable bonds is 4. The topological polar surface area (TPSA) is 76.5 Å². The van der Waals surface area contributed by atoms with E-state index in [9.17, 15) is 9.59 Å². The van der Waals surface area contributed by atoms with Gasteiger partial charge in [-0.2, -0.15) is 0 Å². The SMILES string of the molecule is CCOC(=O)c1c[nH]n2c(=O)c(Cc3ccc(C)cc3)c(C)nc12. The Morgan fingerprint density at radius 1 is 1.25 bits per heavy atom. The molecule has 24 heavy (non-hydrogen) atoms. The highest BCUT2D eigenvalue weighted by atomic mass is 16.5. The predicted molar refractivity (Wildman–Crippen MR) is 90.5 cm³/mol. The van der Waals surface area contributed by atoms with Gasteiger partial charge in [0, 0.05) is 23.9 Å². The summed E-state index contributed by atoms with van der Waals surface area (Å²) in [6.07, 6.45) is 1.95. The third-order valence-corrected chi connectivity index (χ3v) is 3.96. The largest absolute Gasteiger partial charge is 0.462 e. The van der Waals surface area contributed by atoms with E-state index < -0.39 is 5.97 Å². The van der Waals surface area contributed by atoms with Crippen molar-refractivity contribution < 1.29 is 9.53 Å². The normalized spacial score (nSPS) is 11.0. The average molecular weight is 325 g/mol. The van der Waals surface area contributed by atoms with Crippen molar-refractivity contribution in [1.29, 1.82) is 0 Å². The van der Waals surface area contributed by atoms with E-state index in [0.29, 0.717) is 23.3 Å². The number of fused-ring (bicyclic) bond motifs is 1. The number of nitrogens with one attached hydrogen (secondary N) is 1. The van der Waals surface area contributed by atoms with Gasteiger partial charge in [-0.1, -0.05) is 29.8 Å². The molecule has 0 aliphatic heterocycles. The summed E-state index contributed by atoms with van der Waals surface area (Å²) in [7, 11) is 0. The zero-order valence-corrected chi connectivity index (χ0v) is 13.9. The number of H-pyrrole nitrogens is 1. The van der Waals surface area contributed by atoms with Crippen LogP contribution in [0.25, 0.3) is 5.65 Å². The molecule has 1 N–H and O–H groups in total. The number of aromatic amines is 1. The van der Waals surface area contributed by atoms with Gasteiger partial charge in [0.05, 0.1) is 6.61 Å². The Morgan fingerprint density at radius 3 is 2.62 bits per heavy atom. The van der Waals surface area contributed by atoms with E-state index in [1.54, 1.807) is 13.8 Å². The van der Waals surface area contributed by atoms with Crippen molar-refractivity contribution in [3.63, 3.8) is 0 Å². The van der Waals surface area contributed by atoms with E-state index >= 15 is 0 Å². The Morgan fingerprint density at radius 2 is 1.96 bits per heavy atom. The molecule has 2 heterocycles. The summed E-state index contributed by atoms with van der Waals surface area (Å²) in [5, 5.41) is 2.80. The van der Waals surface area contributed by atoms with Gasteiger partial charge < -0.3 is 4.74 Å². The summed E-state index contributed by atoms with van der Waals surface area (Å²) >= 11 is 0. The summed E-state index contributed by atoms with van der Waals surface area (Å²) in [5.41, 5.74) is 3.79. The first-order chi connectivity index (χ1) is 11.5. The van der Waals surface area contributed by atoms with Gasteiger partial charge in [0.2, 0.25) is 0 Å². The lowest BCUT2D eigenvalue weighted by atomic mass is 10.0. The molecule has 6 nitrogen and oxygen atoms in total. The minimum absolute atomic E-state index is 0.200. The van der Waals surface area contributed by atoms with Gasteiger partial charge in [-0.25, -0.2) is 14.3 Å². The lowest BCUT2D eigenvalue weighted by Crippen LogP contribution is -2.22. The quantitative estimate of drug-likeness (QED) is 0.747. The fourth-order valence-electron chi connectivity index (χ4n) is 2.63. The molecule has 1 aromatic carbocycles. The molecule has 0 aliphatic carbocycles. The van der Waals surface area contributed by atoms with Crippen LogP contribution in [0.15, 0.2) is 35.3 Å². The fourth-order valence-corrected chi connectivity index (χ4v) is 2.63. The molecule has 3 aromatic rings. The number of carbonyl (C=O) groups is 1. The maximum absolute atomic E-state index is 12.8. The minimum atomic E-state index is -0.492. The summed E-state index contributed by atoms with van der Waals surface area (Å²) in [6.45, 7) is 5.81. The number of aryl methyl sites for hydroxylation is 2. The number of ether oxygens (including phenoxy) is 1. The summed E-state index contributed by atoms with van der Waals surface area (Å²) in [6, 6.07) is 8.03. The van der Waals surface area contributed by atoms with Crippen LogP contribution in [0, 0.1) is 13.8 Å². The molecule has 0 saturated heterocycles. The number of hydrogen-bond acceptors (Lipinski definition) is 4. The molecule has 0 unspecified atom stereocenters. The maximum Gasteiger partial charge on any atom is 0.343 e. The van der Waals surface area contributed by atoms with Crippen LogP contribution in [0.1, 0.15) is 39.7 Å². The maximum atomic E-state index is 12.8. The van der Waals surface area contributed by atoms with E-state index in [1.807, 2.05) is 31.2 Å². The zero-order chi connectivity index (χ0) is 17.3. The number of nitrogens with zero attached hydrogens (tertiary/aromatic N) is 2. The highest BCUT2D eigenvalue weighted by Crippen LogP contribution is 2.14. The van der Waals surface area contributed by atoms with Crippen LogP contribution in [0.5, 0.6) is 0 Å². The molecule has 0 aliphatic rings. The molecule has 0 bridgehead atoms. The molecule has 0 fully saturated rings. The van der Waals surface area contributed by atoms with Crippen molar-refractivity contribution in [2.75, 3.05) is 6.61 Å². The first-order valence-corrected chi connectivity index (χ1v) is 7.83. The second-order valence-corrected chi connectivity index (χ2v) is 5.71. The molecule has 0 radical (unpaired) electrons. The molecule has 6 heteroatoms. The van der Waals surface area contributed by atoms with Crippen LogP contribution in [-0.4, -0.2) is 27.2 Å². The Balaban J connectivity index is 2.06. The van der Waals surface area contributed by atoms with Crippen LogP contribution >= 0.6 is 0 Å². The molecular formula is C18H19N3O3. The monoisotopic (exact) mass is 325 g/mol. The molecule has 0 atom stereocenters. The Bertz CT molecular complexity index is 952. The fraction of sp³-hybridized carbons (Fsp3) is 0.278. The van der Waals surface area contributed by atoms with Gasteiger partial charge in [0.1, 0.15) is 5.56 Å². The predicted octanol–water partition coefficient (Wildman–Crippen LogP) is 2.41. The zero-order valence-electron chi connectivity index (χ0n) is 13.9. The second kappa shape index (κ2) is 6.31. The van der Waals surface area contributed by atoms with Crippen molar-refractivity contribution in [2.24, 2.45) is 0 Å². The van der Waals surface area contributed by atoms with Gasteiger partial charge in [0.15, 0.2) is 5.65 Å². The molecule has 0 spiro atoms. The number of esters is 1. The Hall–Kier alpha value is -2.89. The molecule has 2 aromatic heterocycles. The summed E-state index contributed by atoms with van der Waals surface area (Å²) in [5.74, 6) is -0.492. The lowest BCUT2D eigenvalue weighted by Gasteiger charge is -2.07. The van der Waals surface area contributed by atoms with Gasteiger partial charge in [-0.15, -0.1) is 0 Å². The molecule has 0 amide bonds. The van der Waals surface area contributed by atoms with E-state index in [1.165, 1.54) is 16.3 Å². The van der Waals surface area contributed by atoms with Gasteiger partial charge >= 0.3 is 5.97 Å². The standard InChI is InChI=1S/C18H19N3O3/c1-4-24-18(23)15-10-19-21-16(15)20-12(3)14(17(21)22)9-13-7-5-11(2)6-8-13/h5-8,10,19H,4,9H2,1-3H3. The van der Waals surface area contributed by atoms with Crippen molar-refractivity contribution in [3.05, 3.63) is 68.8 Å². The summed E-state index contributed by atoms with van der Waals surface area (Å²) in [4.78, 5) is 29.2.